The van der Waals surface area contributed by atoms with E-state index >= 15 is 0 Å². The first kappa shape index (κ1) is 42.7. The molecule has 0 spiro atoms. The fraction of sp³-hybridized carbons (Fsp3) is 0.658. The lowest BCUT2D eigenvalue weighted by Gasteiger charge is -2.39. The Labute approximate surface area is 283 Å². The summed E-state index contributed by atoms with van der Waals surface area (Å²) in [5.74, 6) is -0.414. The van der Waals surface area contributed by atoms with Gasteiger partial charge < -0.3 is 39.4 Å². The maximum Gasteiger partial charge on any atom is 0.305 e. The van der Waals surface area contributed by atoms with Crippen molar-refractivity contribution in [3.8, 4) is 0 Å². The molecule has 1 fully saturated rings. The van der Waals surface area contributed by atoms with Gasteiger partial charge in [0, 0.05) is 13.0 Å². The van der Waals surface area contributed by atoms with Crippen molar-refractivity contribution >= 4 is 5.97 Å². The van der Waals surface area contributed by atoms with Gasteiger partial charge in [-0.2, -0.15) is 0 Å². The normalized spacial score (nSPS) is 23.1. The van der Waals surface area contributed by atoms with Crippen molar-refractivity contribution in [2.45, 2.75) is 134 Å². The van der Waals surface area contributed by atoms with Gasteiger partial charge in [0.25, 0.3) is 0 Å². The van der Waals surface area contributed by atoms with Crippen LogP contribution in [0.1, 0.15) is 97.3 Å². The number of rotatable bonds is 27. The van der Waals surface area contributed by atoms with E-state index in [4.69, 9.17) is 18.9 Å². The zero-order chi connectivity index (χ0) is 34.4. The van der Waals surface area contributed by atoms with E-state index in [0.29, 0.717) is 6.61 Å². The summed E-state index contributed by atoms with van der Waals surface area (Å²) in [5, 5.41) is 39.3. The molecule has 47 heavy (non-hydrogen) atoms. The number of ether oxygens (including phenoxy) is 4. The smallest absolute Gasteiger partial charge is 0.305 e. The lowest BCUT2D eigenvalue weighted by atomic mass is 9.99. The summed E-state index contributed by atoms with van der Waals surface area (Å²) in [7, 11) is 0. The molecule has 0 aliphatic carbocycles. The minimum absolute atomic E-state index is 0.117. The van der Waals surface area contributed by atoms with Gasteiger partial charge in [0.2, 0.25) is 0 Å². The van der Waals surface area contributed by atoms with Crippen molar-refractivity contribution in [2.24, 2.45) is 0 Å². The summed E-state index contributed by atoms with van der Waals surface area (Å²) in [5.41, 5.74) is 0. The highest BCUT2D eigenvalue weighted by atomic mass is 16.7. The van der Waals surface area contributed by atoms with Crippen molar-refractivity contribution in [2.75, 3.05) is 26.4 Å². The van der Waals surface area contributed by atoms with E-state index in [9.17, 15) is 25.2 Å². The molecule has 0 aromatic carbocycles. The minimum Gasteiger partial charge on any atom is -0.457 e. The Bertz CT molecular complexity index is 937. The molecule has 268 valence electrons. The van der Waals surface area contributed by atoms with Crippen LogP contribution in [0.2, 0.25) is 0 Å². The second-order valence-electron chi connectivity index (χ2n) is 11.5. The fourth-order valence-corrected chi connectivity index (χ4v) is 4.64. The van der Waals surface area contributed by atoms with Gasteiger partial charge in [-0.1, -0.05) is 106 Å². The van der Waals surface area contributed by atoms with Crippen LogP contribution in [-0.4, -0.2) is 89.6 Å². The van der Waals surface area contributed by atoms with Crippen LogP contribution < -0.4 is 0 Å². The molecule has 1 aliphatic rings. The first-order valence-corrected chi connectivity index (χ1v) is 17.5. The van der Waals surface area contributed by atoms with Crippen molar-refractivity contribution in [3.05, 3.63) is 72.9 Å². The molecule has 0 aromatic rings. The Morgan fingerprint density at radius 3 is 1.77 bits per heavy atom. The lowest BCUT2D eigenvalue weighted by molar-refractivity contribution is -0.305. The van der Waals surface area contributed by atoms with Crippen molar-refractivity contribution in [1.29, 1.82) is 0 Å². The van der Waals surface area contributed by atoms with Crippen LogP contribution in [-0.2, 0) is 23.7 Å². The molecular formula is C38H62O9. The third kappa shape index (κ3) is 22.0. The summed E-state index contributed by atoms with van der Waals surface area (Å²) < 4.78 is 22.0. The summed E-state index contributed by atoms with van der Waals surface area (Å²) >= 11 is 0. The molecule has 6 unspecified atom stereocenters. The third-order valence-corrected chi connectivity index (χ3v) is 7.44. The number of hydrogen-bond donors (Lipinski definition) is 4. The van der Waals surface area contributed by atoms with Crippen LogP contribution in [0.25, 0.3) is 0 Å². The lowest BCUT2D eigenvalue weighted by Crippen LogP contribution is -2.59. The van der Waals surface area contributed by atoms with E-state index in [1.807, 2.05) is 0 Å². The molecule has 0 amide bonds. The molecule has 6 atom stereocenters. The Hall–Kier alpha value is -2.37. The van der Waals surface area contributed by atoms with E-state index in [1.165, 1.54) is 0 Å². The second kappa shape index (κ2) is 29.7. The summed E-state index contributed by atoms with van der Waals surface area (Å²) in [6, 6.07) is 0. The van der Waals surface area contributed by atoms with Gasteiger partial charge in [-0.3, -0.25) is 4.79 Å². The SMILES string of the molecule is CC/C=C\C/C=C\C/C=C\C/C=C\C/C=C\C/C=C\CCCCCCCOCC(COC1OC(CO)C(O)C(O)C1O)OC(=O)CC. The quantitative estimate of drug-likeness (QED) is 0.0462. The van der Waals surface area contributed by atoms with Gasteiger partial charge in [0.05, 0.1) is 19.8 Å². The van der Waals surface area contributed by atoms with Crippen LogP contribution in [0.3, 0.4) is 0 Å². The zero-order valence-electron chi connectivity index (χ0n) is 28.7. The number of unbranched alkanes of at least 4 members (excludes halogenated alkanes) is 5. The van der Waals surface area contributed by atoms with E-state index in [0.717, 1.165) is 77.0 Å². The van der Waals surface area contributed by atoms with Crippen molar-refractivity contribution < 1.29 is 44.2 Å². The van der Waals surface area contributed by atoms with Gasteiger partial charge >= 0.3 is 5.97 Å². The first-order valence-electron chi connectivity index (χ1n) is 17.5. The van der Waals surface area contributed by atoms with Crippen molar-refractivity contribution in [1.82, 2.24) is 0 Å². The molecule has 9 heteroatoms. The predicted octanol–water partition coefficient (Wildman–Crippen LogP) is 6.18. The van der Waals surface area contributed by atoms with E-state index < -0.39 is 49.4 Å². The van der Waals surface area contributed by atoms with Gasteiger partial charge in [-0.05, 0) is 57.8 Å². The molecule has 0 saturated carbocycles. The Morgan fingerprint density at radius 1 is 0.681 bits per heavy atom. The van der Waals surface area contributed by atoms with Gasteiger partial charge in [0.15, 0.2) is 6.29 Å². The third-order valence-electron chi connectivity index (χ3n) is 7.44. The van der Waals surface area contributed by atoms with Crippen LogP contribution in [0.5, 0.6) is 0 Å². The molecule has 1 rings (SSSR count). The average Bonchev–Trinajstić information content (AvgIpc) is 3.08. The zero-order valence-corrected chi connectivity index (χ0v) is 28.7. The van der Waals surface area contributed by atoms with Crippen LogP contribution >= 0.6 is 0 Å². The molecule has 0 aromatic heterocycles. The van der Waals surface area contributed by atoms with Crippen LogP contribution in [0, 0.1) is 0 Å². The molecular weight excluding hydrogens is 600 g/mol. The molecule has 4 N–H and O–H groups in total. The maximum atomic E-state index is 11.8. The van der Waals surface area contributed by atoms with E-state index in [1.54, 1.807) is 6.92 Å². The molecule has 0 bridgehead atoms. The maximum absolute atomic E-state index is 11.8. The largest absolute Gasteiger partial charge is 0.457 e. The fourth-order valence-electron chi connectivity index (χ4n) is 4.64. The number of aliphatic hydroxyl groups excluding tert-OH is 4. The topological polar surface area (TPSA) is 135 Å². The number of allylic oxidation sites excluding steroid dienone is 12. The van der Waals surface area contributed by atoms with Gasteiger partial charge in [-0.15, -0.1) is 0 Å². The molecule has 0 radical (unpaired) electrons. The Balaban J connectivity index is 2.07. The molecule has 1 heterocycles. The first-order chi connectivity index (χ1) is 22.9. The number of hydrogen-bond acceptors (Lipinski definition) is 9. The highest BCUT2D eigenvalue weighted by Gasteiger charge is 2.44. The monoisotopic (exact) mass is 662 g/mol. The van der Waals surface area contributed by atoms with E-state index in [2.05, 4.69) is 79.8 Å². The number of esters is 1. The number of carbonyl (C=O) groups excluding carboxylic acids is 1. The highest BCUT2D eigenvalue weighted by Crippen LogP contribution is 2.22. The summed E-state index contributed by atoms with van der Waals surface area (Å²) in [6.07, 6.45) is 31.6. The predicted molar refractivity (Wildman–Crippen MR) is 187 cm³/mol. The second-order valence-corrected chi connectivity index (χ2v) is 11.5. The summed E-state index contributed by atoms with van der Waals surface area (Å²) in [6.45, 7) is 3.78. The molecule has 1 saturated heterocycles. The summed E-state index contributed by atoms with van der Waals surface area (Å²) in [4.78, 5) is 11.8. The molecule has 1 aliphatic heterocycles. The highest BCUT2D eigenvalue weighted by molar-refractivity contribution is 5.69. The van der Waals surface area contributed by atoms with Crippen LogP contribution in [0.4, 0.5) is 0 Å². The minimum atomic E-state index is -1.54. The number of carbonyl (C=O) groups is 1. The Morgan fingerprint density at radius 2 is 1.21 bits per heavy atom. The standard InChI is InChI=1S/C38H62O9/c1-3-5-6-7-8-9-10-11-12-13-14-15-16-17-18-19-20-21-22-23-24-25-26-27-28-44-30-32(46-34(40)4-2)31-45-38-37(43)36(42)35(41)33(29-39)47-38/h5-6,8-9,11-12,14-15,17-18,20-21,32-33,35-39,41-43H,3-4,7,10,13,16,19,22-31H2,1-2H3/b6-5-,9-8-,12-11-,15-14-,18-17-,21-20-. The Kier molecular flexibility index (Phi) is 27.0. The van der Waals surface area contributed by atoms with Gasteiger partial charge in [-0.25, -0.2) is 0 Å². The average molecular weight is 663 g/mol. The van der Waals surface area contributed by atoms with Crippen LogP contribution in [0.15, 0.2) is 72.9 Å². The van der Waals surface area contributed by atoms with Gasteiger partial charge in [0.1, 0.15) is 30.5 Å². The van der Waals surface area contributed by atoms with E-state index in [-0.39, 0.29) is 19.6 Å². The number of aliphatic hydroxyl groups is 4. The molecule has 9 nitrogen and oxygen atoms in total. The van der Waals surface area contributed by atoms with Crippen molar-refractivity contribution in [3.63, 3.8) is 0 Å².